The number of nitriles is 1. The van der Waals surface area contributed by atoms with Crippen LogP contribution in [-0.2, 0) is 14.0 Å². The highest BCUT2D eigenvalue weighted by molar-refractivity contribution is 6.56. The average Bonchev–Trinajstić information content (AvgIpc) is 2.79. The van der Waals surface area contributed by atoms with Crippen LogP contribution in [0.3, 0.4) is 0 Å². The van der Waals surface area contributed by atoms with Crippen molar-refractivity contribution in [3.63, 3.8) is 0 Å². The van der Waals surface area contributed by atoms with Crippen molar-refractivity contribution in [2.45, 2.75) is 79.1 Å². The lowest BCUT2D eigenvalue weighted by atomic mass is 9.76. The number of ether oxygens (including phenoxy) is 1. The third kappa shape index (κ3) is 5.65. The number of carbonyl (C=O) groups excluding carboxylic acids is 1. The first-order valence-corrected chi connectivity index (χ1v) is 10.2. The second kappa shape index (κ2) is 8.45. The average molecular weight is 412 g/mol. The Bertz CT molecular complexity index is 852. The van der Waals surface area contributed by atoms with Crippen molar-refractivity contribution in [1.82, 2.24) is 5.32 Å². The van der Waals surface area contributed by atoms with Crippen LogP contribution in [0.15, 0.2) is 17.6 Å². The molecule has 0 spiro atoms. The fourth-order valence-electron chi connectivity index (χ4n) is 3.14. The third-order valence-electron chi connectivity index (χ3n) is 5.44. The van der Waals surface area contributed by atoms with E-state index in [4.69, 9.17) is 14.0 Å². The van der Waals surface area contributed by atoms with Crippen molar-refractivity contribution in [3.05, 3.63) is 39.9 Å². The summed E-state index contributed by atoms with van der Waals surface area (Å²) in [6.07, 6.45) is 1.48. The number of hydrogen-bond donors (Lipinski definition) is 1. The molecule has 0 atom stereocenters. The van der Waals surface area contributed by atoms with Crippen molar-refractivity contribution in [2.24, 2.45) is 0 Å². The normalized spacial score (nSPS) is 18.1. The molecule has 30 heavy (non-hydrogen) atoms. The zero-order chi connectivity index (χ0) is 22.9. The van der Waals surface area contributed by atoms with Crippen LogP contribution in [-0.4, -0.2) is 36.6 Å². The van der Waals surface area contributed by atoms with Crippen LogP contribution < -0.4 is 5.32 Å². The number of alkyl carbamates (subject to hydrolysis) is 1. The van der Waals surface area contributed by atoms with E-state index in [0.717, 1.165) is 22.2 Å². The van der Waals surface area contributed by atoms with Gasteiger partial charge in [0.1, 0.15) is 5.60 Å². The number of amides is 1. The SMILES string of the molecule is Cc1cc(C#N)cc(C)c1C=C(CNC(=O)OC(C)(C)C)B1OC(C)(C)C(C)(C)O1. The van der Waals surface area contributed by atoms with E-state index in [1.54, 1.807) is 0 Å². The Balaban J connectivity index is 2.39. The van der Waals surface area contributed by atoms with Gasteiger partial charge in [0.15, 0.2) is 0 Å². The summed E-state index contributed by atoms with van der Waals surface area (Å²) in [4.78, 5) is 12.2. The minimum absolute atomic E-state index is 0.213. The van der Waals surface area contributed by atoms with Gasteiger partial charge in [0.2, 0.25) is 0 Å². The summed E-state index contributed by atoms with van der Waals surface area (Å²) in [5.74, 6) is 0. The summed E-state index contributed by atoms with van der Waals surface area (Å²) in [7, 11) is -0.612. The number of rotatable bonds is 4. The van der Waals surface area contributed by atoms with E-state index in [9.17, 15) is 10.1 Å². The quantitative estimate of drug-likeness (QED) is 0.725. The molecule has 1 fully saturated rings. The first kappa shape index (κ1) is 24.0. The number of hydrogen-bond acceptors (Lipinski definition) is 5. The molecule has 0 radical (unpaired) electrons. The van der Waals surface area contributed by atoms with Gasteiger partial charge in [-0.25, -0.2) is 4.79 Å². The Hall–Kier alpha value is -2.30. The second-order valence-corrected chi connectivity index (χ2v) is 9.80. The maximum atomic E-state index is 12.2. The van der Waals surface area contributed by atoms with Gasteiger partial charge in [-0.3, -0.25) is 0 Å². The molecule has 0 bridgehead atoms. The molecule has 162 valence electrons. The molecule has 6 nitrogen and oxygen atoms in total. The van der Waals surface area contributed by atoms with E-state index < -0.39 is 30.0 Å². The molecule has 1 aliphatic heterocycles. The topological polar surface area (TPSA) is 80.6 Å². The first-order valence-electron chi connectivity index (χ1n) is 10.2. The summed E-state index contributed by atoms with van der Waals surface area (Å²) < 4.78 is 17.8. The molecular weight excluding hydrogens is 379 g/mol. The van der Waals surface area contributed by atoms with E-state index in [1.165, 1.54) is 0 Å². The maximum absolute atomic E-state index is 12.2. The molecule has 0 saturated carbocycles. The van der Waals surface area contributed by atoms with Gasteiger partial charge < -0.3 is 19.4 Å². The summed E-state index contributed by atoms with van der Waals surface area (Å²) in [5.41, 5.74) is 2.72. The minimum atomic E-state index is -0.612. The molecule has 1 aromatic rings. The zero-order valence-corrected chi connectivity index (χ0v) is 19.6. The molecule has 1 saturated heterocycles. The minimum Gasteiger partial charge on any atom is -0.444 e. The van der Waals surface area contributed by atoms with Crippen LogP contribution in [0.1, 0.15) is 70.7 Å². The van der Waals surface area contributed by atoms with Crippen LogP contribution in [0.25, 0.3) is 6.08 Å². The van der Waals surface area contributed by atoms with Gasteiger partial charge in [0.25, 0.3) is 0 Å². The smallest absolute Gasteiger partial charge is 0.444 e. The largest absolute Gasteiger partial charge is 0.492 e. The van der Waals surface area contributed by atoms with Crippen LogP contribution in [0.4, 0.5) is 4.79 Å². The summed E-state index contributed by atoms with van der Waals surface area (Å²) in [6, 6.07) is 5.88. The van der Waals surface area contributed by atoms with Crippen molar-refractivity contribution in [1.29, 1.82) is 5.26 Å². The molecular formula is C23H33BN2O4. The highest BCUT2D eigenvalue weighted by Gasteiger charge is 2.52. The van der Waals surface area contributed by atoms with Gasteiger partial charge in [0, 0.05) is 6.54 Å². The van der Waals surface area contributed by atoms with E-state index in [1.807, 2.05) is 80.5 Å². The molecule has 1 N–H and O–H groups in total. The third-order valence-corrected chi connectivity index (χ3v) is 5.44. The van der Waals surface area contributed by atoms with E-state index >= 15 is 0 Å². The molecule has 2 rings (SSSR count). The van der Waals surface area contributed by atoms with E-state index in [2.05, 4.69) is 11.4 Å². The predicted octanol–water partition coefficient (Wildman–Crippen LogP) is 4.71. The number of nitrogens with zero attached hydrogens (tertiary/aromatic N) is 1. The lowest BCUT2D eigenvalue weighted by Gasteiger charge is -2.32. The van der Waals surface area contributed by atoms with Crippen molar-refractivity contribution >= 4 is 19.3 Å². The summed E-state index contributed by atoms with van der Waals surface area (Å²) >= 11 is 0. The monoisotopic (exact) mass is 412 g/mol. The van der Waals surface area contributed by atoms with Crippen LogP contribution in [0.2, 0.25) is 0 Å². The molecule has 1 aromatic carbocycles. The van der Waals surface area contributed by atoms with Gasteiger partial charge in [-0.05, 0) is 96.6 Å². The fourth-order valence-corrected chi connectivity index (χ4v) is 3.14. The number of carbonyl (C=O) groups is 1. The van der Waals surface area contributed by atoms with Crippen LogP contribution >= 0.6 is 0 Å². The van der Waals surface area contributed by atoms with Crippen molar-refractivity contribution < 1.29 is 18.8 Å². The van der Waals surface area contributed by atoms with Gasteiger partial charge in [-0.1, -0.05) is 6.08 Å². The Morgan fingerprint density at radius 2 is 1.67 bits per heavy atom. The molecule has 7 heteroatoms. The highest BCUT2D eigenvalue weighted by Crippen LogP contribution is 2.39. The summed E-state index contributed by atoms with van der Waals surface area (Å²) in [6.45, 7) is 17.6. The Kier molecular flexibility index (Phi) is 6.75. The summed E-state index contributed by atoms with van der Waals surface area (Å²) in [5, 5.41) is 12.0. The maximum Gasteiger partial charge on any atom is 0.492 e. The van der Waals surface area contributed by atoms with Gasteiger partial charge in [0.05, 0.1) is 22.8 Å². The van der Waals surface area contributed by atoms with Crippen LogP contribution in [0.5, 0.6) is 0 Å². The Morgan fingerprint density at radius 3 is 2.10 bits per heavy atom. The van der Waals surface area contributed by atoms with E-state index in [-0.39, 0.29) is 6.54 Å². The predicted molar refractivity (Wildman–Crippen MR) is 119 cm³/mol. The van der Waals surface area contributed by atoms with Crippen LogP contribution in [0, 0.1) is 25.2 Å². The standard InChI is InChI=1S/C23H33BN2O4/c1-15-10-17(13-25)11-16(2)19(15)12-18(14-26-20(27)28-21(3,4)5)24-29-22(6,7)23(8,9)30-24/h10-12H,14H2,1-9H3,(H,26,27). The number of benzene rings is 1. The lowest BCUT2D eigenvalue weighted by molar-refractivity contribution is 0.00578. The van der Waals surface area contributed by atoms with Gasteiger partial charge in [-0.2, -0.15) is 5.26 Å². The fraction of sp³-hybridized carbons (Fsp3) is 0.565. The second-order valence-electron chi connectivity index (χ2n) is 9.80. The molecule has 1 heterocycles. The number of nitrogens with one attached hydrogen (secondary N) is 1. The molecule has 1 aliphatic rings. The van der Waals surface area contributed by atoms with Crippen molar-refractivity contribution in [2.75, 3.05) is 6.54 Å². The molecule has 0 aromatic heterocycles. The Labute approximate surface area is 180 Å². The van der Waals surface area contributed by atoms with E-state index in [0.29, 0.717) is 5.56 Å². The van der Waals surface area contributed by atoms with Gasteiger partial charge >= 0.3 is 13.2 Å². The first-order chi connectivity index (χ1) is 13.6. The Morgan fingerprint density at radius 1 is 1.17 bits per heavy atom. The van der Waals surface area contributed by atoms with Gasteiger partial charge in [-0.15, -0.1) is 0 Å². The number of aryl methyl sites for hydroxylation is 2. The van der Waals surface area contributed by atoms with Crippen molar-refractivity contribution in [3.8, 4) is 6.07 Å². The molecule has 0 unspecified atom stereocenters. The molecule has 1 amide bonds. The lowest BCUT2D eigenvalue weighted by Crippen LogP contribution is -2.41. The highest BCUT2D eigenvalue weighted by atomic mass is 16.7. The molecule has 0 aliphatic carbocycles. The zero-order valence-electron chi connectivity index (χ0n) is 19.6.